The van der Waals surface area contributed by atoms with Crippen LogP contribution >= 0.6 is 0 Å². The number of hydrogen-bond donors (Lipinski definition) is 0. The second-order valence-corrected chi connectivity index (χ2v) is 8.19. The molecule has 5 heteroatoms. The molecule has 0 unspecified atom stereocenters. The maximum Gasteiger partial charge on any atom is 0.214 e. The second-order valence-electron chi connectivity index (χ2n) is 6.10. The van der Waals surface area contributed by atoms with E-state index in [0.717, 1.165) is 38.8 Å². The fourth-order valence-corrected chi connectivity index (χ4v) is 4.44. The fraction of sp³-hybridized carbons (Fsp3) is 0.647. The summed E-state index contributed by atoms with van der Waals surface area (Å²) in [6.45, 7) is 6.98. The predicted molar refractivity (Wildman–Crippen MR) is 92.9 cm³/mol. The maximum absolute atomic E-state index is 12.4. The molecule has 0 saturated carbocycles. The molecule has 0 aromatic heterocycles. The van der Waals surface area contributed by atoms with Gasteiger partial charge in [0.25, 0.3) is 0 Å². The summed E-state index contributed by atoms with van der Waals surface area (Å²) in [5.41, 5.74) is 2.43. The number of piperazine rings is 1. The molecule has 1 aromatic carbocycles. The summed E-state index contributed by atoms with van der Waals surface area (Å²) in [6.07, 6.45) is 4.05. The first kappa shape index (κ1) is 17.3. The van der Waals surface area contributed by atoms with Gasteiger partial charge in [-0.25, -0.2) is 8.42 Å². The van der Waals surface area contributed by atoms with Gasteiger partial charge in [-0.05, 0) is 31.0 Å². The minimum absolute atomic E-state index is 0.303. The zero-order chi connectivity index (χ0) is 16.0. The first-order valence-corrected chi connectivity index (χ1v) is 9.93. The average molecular weight is 324 g/mol. The predicted octanol–water partition coefficient (Wildman–Crippen LogP) is 3.03. The molecule has 4 nitrogen and oxygen atoms in total. The highest BCUT2D eigenvalue weighted by molar-refractivity contribution is 7.89. The Labute approximate surface area is 135 Å². The fourth-order valence-electron chi connectivity index (χ4n) is 2.89. The molecule has 1 aliphatic rings. The molecule has 1 saturated heterocycles. The molecule has 22 heavy (non-hydrogen) atoms. The van der Waals surface area contributed by atoms with Gasteiger partial charge in [-0.3, -0.25) is 0 Å². The summed E-state index contributed by atoms with van der Waals surface area (Å²) in [5.74, 6) is 0.303. The van der Waals surface area contributed by atoms with Crippen molar-refractivity contribution >= 4 is 15.7 Å². The van der Waals surface area contributed by atoms with Gasteiger partial charge in [0.2, 0.25) is 10.0 Å². The molecule has 2 rings (SSSR count). The van der Waals surface area contributed by atoms with Crippen molar-refractivity contribution in [1.29, 1.82) is 0 Å². The van der Waals surface area contributed by atoms with Gasteiger partial charge >= 0.3 is 0 Å². The Kier molecular flexibility index (Phi) is 6.26. The lowest BCUT2D eigenvalue weighted by Crippen LogP contribution is -2.49. The molecule has 0 aliphatic carbocycles. The molecule has 0 spiro atoms. The second kappa shape index (κ2) is 7.97. The van der Waals surface area contributed by atoms with Gasteiger partial charge in [-0.1, -0.05) is 38.3 Å². The van der Waals surface area contributed by atoms with E-state index in [1.54, 1.807) is 4.31 Å². The van der Waals surface area contributed by atoms with Crippen LogP contribution in [0.3, 0.4) is 0 Å². The van der Waals surface area contributed by atoms with E-state index in [-0.39, 0.29) is 0 Å². The molecule has 1 aliphatic heterocycles. The summed E-state index contributed by atoms with van der Waals surface area (Å²) in [6, 6.07) is 8.40. The van der Waals surface area contributed by atoms with Crippen molar-refractivity contribution in [3.8, 4) is 0 Å². The van der Waals surface area contributed by atoms with Crippen LogP contribution in [0.15, 0.2) is 24.3 Å². The van der Waals surface area contributed by atoms with Gasteiger partial charge in [-0.15, -0.1) is 0 Å². The molecule has 0 bridgehead atoms. The molecule has 1 heterocycles. The van der Waals surface area contributed by atoms with Gasteiger partial charge in [0, 0.05) is 31.9 Å². The molecule has 0 amide bonds. The Hall–Kier alpha value is -1.07. The van der Waals surface area contributed by atoms with Crippen LogP contribution in [0.2, 0.25) is 0 Å². The van der Waals surface area contributed by atoms with Crippen LogP contribution < -0.4 is 4.90 Å². The highest BCUT2D eigenvalue weighted by atomic mass is 32.2. The number of unbranched alkanes of at least 4 members (excludes halogenated alkanes) is 3. The van der Waals surface area contributed by atoms with E-state index in [1.165, 1.54) is 11.3 Å². The lowest BCUT2D eigenvalue weighted by Gasteiger charge is -2.35. The van der Waals surface area contributed by atoms with Gasteiger partial charge in [0.05, 0.1) is 5.75 Å². The first-order valence-electron chi connectivity index (χ1n) is 8.32. The summed E-state index contributed by atoms with van der Waals surface area (Å²) in [7, 11) is -3.07. The maximum atomic E-state index is 12.4. The molecule has 0 radical (unpaired) electrons. The average Bonchev–Trinajstić information content (AvgIpc) is 2.52. The third-order valence-electron chi connectivity index (χ3n) is 4.25. The Bertz CT molecular complexity index is 564. The van der Waals surface area contributed by atoms with Crippen molar-refractivity contribution in [3.05, 3.63) is 29.8 Å². The van der Waals surface area contributed by atoms with E-state index in [4.69, 9.17) is 0 Å². The Morgan fingerprint density at radius 3 is 2.41 bits per heavy atom. The summed E-state index contributed by atoms with van der Waals surface area (Å²) < 4.78 is 26.4. The summed E-state index contributed by atoms with van der Waals surface area (Å²) in [5, 5.41) is 0. The monoisotopic (exact) mass is 324 g/mol. The number of rotatable bonds is 7. The van der Waals surface area contributed by atoms with Crippen molar-refractivity contribution in [2.45, 2.75) is 39.5 Å². The smallest absolute Gasteiger partial charge is 0.214 e. The Morgan fingerprint density at radius 2 is 1.77 bits per heavy atom. The zero-order valence-corrected chi connectivity index (χ0v) is 14.6. The van der Waals surface area contributed by atoms with Crippen molar-refractivity contribution < 1.29 is 8.42 Å². The third kappa shape index (κ3) is 4.71. The summed E-state index contributed by atoms with van der Waals surface area (Å²) in [4.78, 5) is 2.27. The van der Waals surface area contributed by atoms with E-state index in [2.05, 4.69) is 43.0 Å². The normalized spacial score (nSPS) is 16.9. The van der Waals surface area contributed by atoms with Gasteiger partial charge < -0.3 is 4.90 Å². The van der Waals surface area contributed by atoms with E-state index < -0.39 is 10.0 Å². The molecular formula is C17H28N2O2S. The molecular weight excluding hydrogens is 296 g/mol. The van der Waals surface area contributed by atoms with Crippen LogP contribution in [0.4, 0.5) is 5.69 Å². The van der Waals surface area contributed by atoms with Gasteiger partial charge in [0.15, 0.2) is 0 Å². The zero-order valence-electron chi connectivity index (χ0n) is 13.8. The molecule has 0 atom stereocenters. The van der Waals surface area contributed by atoms with E-state index in [9.17, 15) is 8.42 Å². The van der Waals surface area contributed by atoms with Crippen LogP contribution in [0.5, 0.6) is 0 Å². The SMILES string of the molecule is CCCCCCS(=O)(=O)N1CCN(c2cccc(C)c2)CC1. The highest BCUT2D eigenvalue weighted by Gasteiger charge is 2.26. The van der Waals surface area contributed by atoms with E-state index in [1.807, 2.05) is 0 Å². The quantitative estimate of drug-likeness (QED) is 0.724. The molecule has 1 aromatic rings. The van der Waals surface area contributed by atoms with Crippen molar-refractivity contribution in [2.24, 2.45) is 0 Å². The van der Waals surface area contributed by atoms with Crippen LogP contribution in [0.25, 0.3) is 0 Å². The largest absolute Gasteiger partial charge is 0.369 e. The van der Waals surface area contributed by atoms with Gasteiger partial charge in [0.1, 0.15) is 0 Å². The van der Waals surface area contributed by atoms with Crippen LogP contribution in [-0.2, 0) is 10.0 Å². The third-order valence-corrected chi connectivity index (χ3v) is 6.21. The van der Waals surface area contributed by atoms with Crippen LogP contribution in [0.1, 0.15) is 38.2 Å². The lowest BCUT2D eigenvalue weighted by molar-refractivity contribution is 0.384. The number of aryl methyl sites for hydroxylation is 1. The first-order chi connectivity index (χ1) is 10.5. The number of sulfonamides is 1. The van der Waals surface area contributed by atoms with Crippen molar-refractivity contribution in [3.63, 3.8) is 0 Å². The molecule has 1 fully saturated rings. The summed E-state index contributed by atoms with van der Waals surface area (Å²) >= 11 is 0. The number of nitrogens with zero attached hydrogens (tertiary/aromatic N) is 2. The topological polar surface area (TPSA) is 40.6 Å². The minimum Gasteiger partial charge on any atom is -0.369 e. The molecule has 124 valence electrons. The van der Waals surface area contributed by atoms with Crippen LogP contribution in [-0.4, -0.2) is 44.7 Å². The standard InChI is InChI=1S/C17H28N2O2S/c1-3-4-5-6-14-22(20,21)19-12-10-18(11-13-19)17-9-7-8-16(2)15-17/h7-9,15H,3-6,10-14H2,1-2H3. The van der Waals surface area contributed by atoms with Crippen LogP contribution in [0, 0.1) is 6.92 Å². The molecule has 0 N–H and O–H groups in total. The highest BCUT2D eigenvalue weighted by Crippen LogP contribution is 2.19. The van der Waals surface area contributed by atoms with Gasteiger partial charge in [-0.2, -0.15) is 4.31 Å². The van der Waals surface area contributed by atoms with E-state index in [0.29, 0.717) is 18.8 Å². The Morgan fingerprint density at radius 1 is 1.05 bits per heavy atom. The lowest BCUT2D eigenvalue weighted by atomic mass is 10.2. The van der Waals surface area contributed by atoms with Crippen molar-refractivity contribution in [1.82, 2.24) is 4.31 Å². The number of benzene rings is 1. The van der Waals surface area contributed by atoms with E-state index >= 15 is 0 Å². The number of anilines is 1. The minimum atomic E-state index is -3.07. The Balaban J connectivity index is 1.86. The van der Waals surface area contributed by atoms with Crippen molar-refractivity contribution in [2.75, 3.05) is 36.8 Å². The number of hydrogen-bond acceptors (Lipinski definition) is 3.